The van der Waals surface area contributed by atoms with Crippen molar-refractivity contribution >= 4 is 13.2 Å². The average Bonchev–Trinajstić information content (AvgIpc) is 1.96. The second-order valence-electron chi connectivity index (χ2n) is 2.61. The monoisotopic (exact) mass is 189 g/mol. The Bertz CT molecular complexity index is 263. The Morgan fingerprint density at radius 1 is 1.15 bits per heavy atom. The van der Waals surface area contributed by atoms with Crippen LogP contribution in [0.15, 0.2) is 18.2 Å². The lowest BCUT2D eigenvalue weighted by atomic mass is 10.1. The molecule has 0 fully saturated rings. The number of aryl methyl sites for hydroxylation is 2. The van der Waals surface area contributed by atoms with E-state index in [0.717, 1.165) is 11.3 Å². The Balaban J connectivity index is 0.000000310. The average molecular weight is 189 g/mol. The van der Waals surface area contributed by atoms with Crippen LogP contribution in [0.4, 0.5) is 18.6 Å². The highest BCUT2D eigenvalue weighted by Gasteiger charge is 2.06. The summed E-state index contributed by atoms with van der Waals surface area (Å²) >= 11 is 0. The van der Waals surface area contributed by atoms with Crippen molar-refractivity contribution in [2.45, 2.75) is 13.8 Å². The van der Waals surface area contributed by atoms with Gasteiger partial charge in [-0.3, -0.25) is 12.9 Å². The maximum absolute atomic E-state index is 9.67. The molecule has 0 saturated heterocycles. The Morgan fingerprint density at radius 2 is 1.62 bits per heavy atom. The topological polar surface area (TPSA) is 26.0 Å². The predicted octanol–water partition coefficient (Wildman–Crippen LogP) is 2.77. The van der Waals surface area contributed by atoms with Crippen LogP contribution in [0, 0.1) is 13.8 Å². The van der Waals surface area contributed by atoms with Gasteiger partial charge in [-0.2, -0.15) is 0 Å². The highest BCUT2D eigenvalue weighted by Crippen LogP contribution is 2.10. The lowest BCUT2D eigenvalue weighted by Crippen LogP contribution is -1.88. The molecule has 0 amide bonds. The Kier molecular flexibility index (Phi) is 5.03. The molecule has 0 aliphatic carbocycles. The molecule has 0 bridgehead atoms. The number of anilines is 1. The molecular formula is C8H11BF3N. The van der Waals surface area contributed by atoms with E-state index in [4.69, 9.17) is 5.73 Å². The molecule has 5 heteroatoms. The fourth-order valence-electron chi connectivity index (χ4n) is 0.826. The van der Waals surface area contributed by atoms with Gasteiger partial charge in [0.15, 0.2) is 0 Å². The molecule has 0 atom stereocenters. The first-order chi connectivity index (χ1) is 5.93. The number of halogens is 3. The van der Waals surface area contributed by atoms with Crippen LogP contribution >= 0.6 is 0 Å². The number of benzene rings is 1. The van der Waals surface area contributed by atoms with E-state index in [2.05, 4.69) is 13.0 Å². The van der Waals surface area contributed by atoms with Crippen molar-refractivity contribution in [1.82, 2.24) is 0 Å². The normalized spacial score (nSPS) is 8.69. The van der Waals surface area contributed by atoms with Gasteiger partial charge < -0.3 is 5.73 Å². The summed E-state index contributed by atoms with van der Waals surface area (Å²) in [5, 5.41) is 0. The summed E-state index contributed by atoms with van der Waals surface area (Å²) in [6.45, 7) is 4.08. The predicted molar refractivity (Wildman–Crippen MR) is 49.4 cm³/mol. The number of nitrogens with two attached hydrogens (primary N) is 1. The van der Waals surface area contributed by atoms with Gasteiger partial charge in [0.25, 0.3) is 0 Å². The van der Waals surface area contributed by atoms with Gasteiger partial charge in [0, 0.05) is 5.69 Å². The molecule has 13 heavy (non-hydrogen) atoms. The first-order valence-corrected chi connectivity index (χ1v) is 3.68. The lowest BCUT2D eigenvalue weighted by molar-refractivity contribution is 0.535. The minimum Gasteiger partial charge on any atom is -0.399 e. The summed E-state index contributed by atoms with van der Waals surface area (Å²) in [6, 6.07) is 6.03. The highest BCUT2D eigenvalue weighted by atomic mass is 19.4. The lowest BCUT2D eigenvalue weighted by Gasteiger charge is -1.98. The van der Waals surface area contributed by atoms with Gasteiger partial charge in [0.05, 0.1) is 0 Å². The summed E-state index contributed by atoms with van der Waals surface area (Å²) < 4.78 is 29.0. The van der Waals surface area contributed by atoms with E-state index in [0.29, 0.717) is 0 Å². The Hall–Kier alpha value is -1.13. The molecule has 0 heterocycles. The quantitative estimate of drug-likeness (QED) is 0.492. The molecule has 72 valence electrons. The number of rotatable bonds is 0. The van der Waals surface area contributed by atoms with Crippen LogP contribution < -0.4 is 5.73 Å². The Morgan fingerprint density at radius 3 is 1.92 bits per heavy atom. The molecule has 0 aliphatic heterocycles. The van der Waals surface area contributed by atoms with Gasteiger partial charge in [0.1, 0.15) is 0 Å². The molecule has 1 rings (SSSR count). The number of hydrogen-bond donors (Lipinski definition) is 1. The Labute approximate surface area is 76.0 Å². The van der Waals surface area contributed by atoms with Gasteiger partial charge in [-0.05, 0) is 25.5 Å². The summed E-state index contributed by atoms with van der Waals surface area (Å²) in [5.41, 5.74) is 8.89. The SMILES string of the molecule is Cc1ccc(N)c(C)c1.FB(F)F. The third kappa shape index (κ3) is 6.07. The highest BCUT2D eigenvalue weighted by molar-refractivity contribution is 6.33. The van der Waals surface area contributed by atoms with Crippen LogP contribution in [-0.2, 0) is 0 Å². The van der Waals surface area contributed by atoms with Crippen molar-refractivity contribution in [1.29, 1.82) is 0 Å². The van der Waals surface area contributed by atoms with Crippen molar-refractivity contribution in [3.63, 3.8) is 0 Å². The first kappa shape index (κ1) is 11.9. The smallest absolute Gasteiger partial charge is 0.399 e. The molecule has 0 radical (unpaired) electrons. The van der Waals surface area contributed by atoms with E-state index in [1.54, 1.807) is 0 Å². The molecule has 2 N–H and O–H groups in total. The standard InChI is InChI=1S/C8H11N.BF3/c1-6-3-4-8(9)7(2)5-6;2-1(3)4/h3-5H,9H2,1-2H3;. The maximum atomic E-state index is 9.67. The zero-order valence-electron chi connectivity index (χ0n) is 7.52. The molecule has 1 aromatic rings. The van der Waals surface area contributed by atoms with E-state index in [1.807, 2.05) is 19.1 Å². The van der Waals surface area contributed by atoms with E-state index in [-0.39, 0.29) is 0 Å². The summed E-state index contributed by atoms with van der Waals surface area (Å²) in [6.07, 6.45) is 0. The van der Waals surface area contributed by atoms with Gasteiger partial charge in [0.2, 0.25) is 0 Å². The van der Waals surface area contributed by atoms with Crippen molar-refractivity contribution < 1.29 is 12.9 Å². The van der Waals surface area contributed by atoms with Crippen molar-refractivity contribution in [2.75, 3.05) is 5.73 Å². The summed E-state index contributed by atoms with van der Waals surface area (Å²) in [5.74, 6) is 0. The van der Waals surface area contributed by atoms with Crippen LogP contribution in [0.5, 0.6) is 0 Å². The van der Waals surface area contributed by atoms with Gasteiger partial charge >= 0.3 is 7.54 Å². The van der Waals surface area contributed by atoms with Crippen LogP contribution in [0.3, 0.4) is 0 Å². The zero-order chi connectivity index (χ0) is 10.4. The van der Waals surface area contributed by atoms with Crippen molar-refractivity contribution in [2.24, 2.45) is 0 Å². The van der Waals surface area contributed by atoms with Crippen LogP contribution in [0.2, 0.25) is 0 Å². The molecule has 0 saturated carbocycles. The third-order valence-corrected chi connectivity index (χ3v) is 1.43. The van der Waals surface area contributed by atoms with Crippen molar-refractivity contribution in [3.05, 3.63) is 29.3 Å². The fourth-order valence-corrected chi connectivity index (χ4v) is 0.826. The van der Waals surface area contributed by atoms with Crippen LogP contribution in [-0.4, -0.2) is 7.54 Å². The molecular weight excluding hydrogens is 178 g/mol. The fraction of sp³-hybridized carbons (Fsp3) is 0.250. The molecule has 0 spiro atoms. The second kappa shape index (κ2) is 5.51. The van der Waals surface area contributed by atoms with Crippen LogP contribution in [0.25, 0.3) is 0 Å². The molecule has 1 nitrogen and oxygen atoms in total. The van der Waals surface area contributed by atoms with Gasteiger partial charge in [-0.1, -0.05) is 17.7 Å². The summed E-state index contributed by atoms with van der Waals surface area (Å²) in [4.78, 5) is 0. The number of nitrogen functional groups attached to an aromatic ring is 1. The van der Waals surface area contributed by atoms with E-state index in [9.17, 15) is 12.9 Å². The minimum atomic E-state index is -3.67. The third-order valence-electron chi connectivity index (χ3n) is 1.43. The second-order valence-corrected chi connectivity index (χ2v) is 2.61. The molecule has 1 aromatic carbocycles. The molecule has 0 unspecified atom stereocenters. The van der Waals surface area contributed by atoms with E-state index in [1.165, 1.54) is 5.56 Å². The molecule has 0 aromatic heterocycles. The van der Waals surface area contributed by atoms with Gasteiger partial charge in [-0.25, -0.2) is 0 Å². The van der Waals surface area contributed by atoms with Crippen LogP contribution in [0.1, 0.15) is 11.1 Å². The number of hydrogen-bond acceptors (Lipinski definition) is 1. The zero-order valence-corrected chi connectivity index (χ0v) is 7.52. The van der Waals surface area contributed by atoms with E-state index >= 15 is 0 Å². The minimum absolute atomic E-state index is 0.876. The largest absolute Gasteiger partial charge is 0.762 e. The maximum Gasteiger partial charge on any atom is 0.762 e. The summed E-state index contributed by atoms with van der Waals surface area (Å²) in [7, 11) is -3.67. The van der Waals surface area contributed by atoms with Crippen molar-refractivity contribution in [3.8, 4) is 0 Å². The molecule has 0 aliphatic rings. The van der Waals surface area contributed by atoms with Gasteiger partial charge in [-0.15, -0.1) is 0 Å². The first-order valence-electron chi connectivity index (χ1n) is 3.68. The van der Waals surface area contributed by atoms with E-state index < -0.39 is 7.54 Å².